The van der Waals surface area contributed by atoms with Gasteiger partial charge in [-0.1, -0.05) is 41.2 Å². The van der Waals surface area contributed by atoms with Crippen LogP contribution in [0.1, 0.15) is 22.8 Å². The number of hydrogen-bond donors (Lipinski definition) is 0. The lowest BCUT2D eigenvalue weighted by atomic mass is 10.2. The van der Waals surface area contributed by atoms with Crippen LogP contribution in [-0.2, 0) is 0 Å². The topological polar surface area (TPSA) is 59.0 Å². The fraction of sp³-hybridized carbons (Fsp3) is 0.176. The molecule has 1 aromatic carbocycles. The molecule has 3 rings (SSSR count). The number of carbonyl (C=O) groups excluding carboxylic acids is 1. The molecule has 0 atom stereocenters. The van der Waals surface area contributed by atoms with Gasteiger partial charge in [0.1, 0.15) is 5.01 Å². The van der Waals surface area contributed by atoms with Gasteiger partial charge >= 0.3 is 0 Å². The highest BCUT2D eigenvalue weighted by atomic mass is 32.1. The van der Waals surface area contributed by atoms with Crippen molar-refractivity contribution in [2.45, 2.75) is 13.8 Å². The SMILES string of the molecule is CCN(C(=O)c1ccncc1)c1nnc(-c2ccc(C)cc2)s1. The molecule has 0 spiro atoms. The molecule has 2 heterocycles. The maximum Gasteiger partial charge on any atom is 0.260 e. The Labute approximate surface area is 138 Å². The quantitative estimate of drug-likeness (QED) is 0.736. The summed E-state index contributed by atoms with van der Waals surface area (Å²) < 4.78 is 0. The average molecular weight is 324 g/mol. The van der Waals surface area contributed by atoms with Crippen LogP contribution >= 0.6 is 11.3 Å². The fourth-order valence-corrected chi connectivity index (χ4v) is 3.07. The van der Waals surface area contributed by atoms with Crippen molar-refractivity contribution < 1.29 is 4.79 Å². The van der Waals surface area contributed by atoms with Crippen molar-refractivity contribution in [3.8, 4) is 10.6 Å². The highest BCUT2D eigenvalue weighted by molar-refractivity contribution is 7.18. The van der Waals surface area contributed by atoms with Gasteiger partial charge in [-0.05, 0) is 26.0 Å². The van der Waals surface area contributed by atoms with E-state index in [1.165, 1.54) is 16.9 Å². The van der Waals surface area contributed by atoms with Gasteiger partial charge in [0, 0.05) is 30.1 Å². The van der Waals surface area contributed by atoms with Crippen LogP contribution in [0.3, 0.4) is 0 Å². The Balaban J connectivity index is 1.88. The maximum absolute atomic E-state index is 12.6. The molecule has 0 N–H and O–H groups in total. The third-order valence-corrected chi connectivity index (χ3v) is 4.43. The summed E-state index contributed by atoms with van der Waals surface area (Å²) in [5.74, 6) is -0.0958. The number of anilines is 1. The lowest BCUT2D eigenvalue weighted by Gasteiger charge is -2.16. The van der Waals surface area contributed by atoms with E-state index in [-0.39, 0.29) is 5.91 Å². The van der Waals surface area contributed by atoms with E-state index in [0.717, 1.165) is 10.6 Å². The Kier molecular flexibility index (Phi) is 4.43. The number of hydrogen-bond acceptors (Lipinski definition) is 5. The number of aromatic nitrogens is 3. The van der Waals surface area contributed by atoms with Gasteiger partial charge in [0.15, 0.2) is 0 Å². The predicted molar refractivity (Wildman–Crippen MR) is 91.7 cm³/mol. The first-order valence-electron chi connectivity index (χ1n) is 7.31. The summed E-state index contributed by atoms with van der Waals surface area (Å²) in [6.07, 6.45) is 3.22. The van der Waals surface area contributed by atoms with E-state index >= 15 is 0 Å². The summed E-state index contributed by atoms with van der Waals surface area (Å²) in [7, 11) is 0. The minimum Gasteiger partial charge on any atom is -0.283 e. The second kappa shape index (κ2) is 6.66. The summed E-state index contributed by atoms with van der Waals surface area (Å²) in [6, 6.07) is 11.5. The van der Waals surface area contributed by atoms with Crippen molar-refractivity contribution in [2.75, 3.05) is 11.4 Å². The van der Waals surface area contributed by atoms with Crippen molar-refractivity contribution in [3.05, 3.63) is 59.9 Å². The summed E-state index contributed by atoms with van der Waals surface area (Å²) in [4.78, 5) is 18.2. The van der Waals surface area contributed by atoms with E-state index in [1.807, 2.05) is 38.1 Å². The fourth-order valence-electron chi connectivity index (χ4n) is 2.15. The van der Waals surface area contributed by atoms with Gasteiger partial charge < -0.3 is 0 Å². The summed E-state index contributed by atoms with van der Waals surface area (Å²) in [5.41, 5.74) is 2.79. The Morgan fingerprint density at radius 3 is 2.43 bits per heavy atom. The summed E-state index contributed by atoms with van der Waals surface area (Å²) in [6.45, 7) is 4.50. The number of amides is 1. The average Bonchev–Trinajstić information content (AvgIpc) is 3.06. The molecule has 0 radical (unpaired) electrons. The second-order valence-corrected chi connectivity index (χ2v) is 6.00. The van der Waals surface area contributed by atoms with E-state index < -0.39 is 0 Å². The maximum atomic E-state index is 12.6. The molecule has 0 aliphatic heterocycles. The van der Waals surface area contributed by atoms with Gasteiger partial charge in [0.05, 0.1) is 0 Å². The Morgan fingerprint density at radius 2 is 1.78 bits per heavy atom. The standard InChI is InChI=1S/C17H16N4OS/c1-3-21(16(22)14-8-10-18-11-9-14)17-20-19-15(23-17)13-6-4-12(2)5-7-13/h4-11H,3H2,1-2H3. The van der Waals surface area contributed by atoms with Gasteiger partial charge in [0.2, 0.25) is 5.13 Å². The van der Waals surface area contributed by atoms with Crippen molar-refractivity contribution in [3.63, 3.8) is 0 Å². The molecule has 2 aromatic heterocycles. The van der Waals surface area contributed by atoms with Gasteiger partial charge in [-0.15, -0.1) is 10.2 Å². The van der Waals surface area contributed by atoms with E-state index in [4.69, 9.17) is 0 Å². The third-order valence-electron chi connectivity index (χ3n) is 3.43. The minimum atomic E-state index is -0.0958. The Bertz CT molecular complexity index is 799. The van der Waals surface area contributed by atoms with Crippen LogP contribution in [0.5, 0.6) is 0 Å². The van der Waals surface area contributed by atoms with Gasteiger partial charge in [-0.2, -0.15) is 0 Å². The summed E-state index contributed by atoms with van der Waals surface area (Å²) in [5, 5.41) is 9.82. The monoisotopic (exact) mass is 324 g/mol. The van der Waals surface area contributed by atoms with Crippen LogP contribution in [0.15, 0.2) is 48.8 Å². The third kappa shape index (κ3) is 3.27. The molecule has 23 heavy (non-hydrogen) atoms. The highest BCUT2D eigenvalue weighted by Gasteiger charge is 2.20. The second-order valence-electron chi connectivity index (χ2n) is 5.04. The predicted octanol–water partition coefficient (Wildman–Crippen LogP) is 3.58. The molecular weight excluding hydrogens is 308 g/mol. The number of rotatable bonds is 4. The van der Waals surface area contributed by atoms with E-state index in [1.54, 1.807) is 29.4 Å². The van der Waals surface area contributed by atoms with Crippen molar-refractivity contribution in [1.29, 1.82) is 0 Å². The molecule has 1 amide bonds. The first-order chi connectivity index (χ1) is 11.2. The number of benzene rings is 1. The molecule has 5 nitrogen and oxygen atoms in total. The number of pyridine rings is 1. The molecule has 0 bridgehead atoms. The van der Waals surface area contributed by atoms with Crippen LogP contribution < -0.4 is 4.90 Å². The van der Waals surface area contributed by atoms with E-state index in [0.29, 0.717) is 17.2 Å². The molecule has 0 aliphatic rings. The highest BCUT2D eigenvalue weighted by Crippen LogP contribution is 2.29. The van der Waals surface area contributed by atoms with Crippen molar-refractivity contribution in [2.24, 2.45) is 0 Å². The number of nitrogens with zero attached hydrogens (tertiary/aromatic N) is 4. The molecule has 6 heteroatoms. The molecule has 0 saturated heterocycles. The van der Waals surface area contributed by atoms with E-state index in [9.17, 15) is 4.79 Å². The zero-order chi connectivity index (χ0) is 16.2. The van der Waals surface area contributed by atoms with E-state index in [2.05, 4.69) is 15.2 Å². The first-order valence-corrected chi connectivity index (χ1v) is 8.13. The molecule has 116 valence electrons. The summed E-state index contributed by atoms with van der Waals surface area (Å²) >= 11 is 1.41. The molecule has 0 aliphatic carbocycles. The van der Waals surface area contributed by atoms with Gasteiger partial charge in [-0.25, -0.2) is 0 Å². The van der Waals surface area contributed by atoms with Gasteiger partial charge in [0.25, 0.3) is 5.91 Å². The van der Waals surface area contributed by atoms with Crippen LogP contribution in [0.2, 0.25) is 0 Å². The number of aryl methyl sites for hydroxylation is 1. The van der Waals surface area contributed by atoms with Crippen LogP contribution in [0.4, 0.5) is 5.13 Å². The minimum absolute atomic E-state index is 0.0958. The van der Waals surface area contributed by atoms with Crippen molar-refractivity contribution >= 4 is 22.4 Å². The molecule has 3 aromatic rings. The zero-order valence-electron chi connectivity index (χ0n) is 12.9. The molecule has 0 fully saturated rings. The normalized spacial score (nSPS) is 10.5. The molecular formula is C17H16N4OS. The first kappa shape index (κ1) is 15.3. The molecule has 0 saturated carbocycles. The van der Waals surface area contributed by atoms with Crippen LogP contribution in [0.25, 0.3) is 10.6 Å². The number of carbonyl (C=O) groups is 1. The van der Waals surface area contributed by atoms with Crippen LogP contribution in [-0.4, -0.2) is 27.6 Å². The zero-order valence-corrected chi connectivity index (χ0v) is 13.7. The Morgan fingerprint density at radius 1 is 1.09 bits per heavy atom. The lowest BCUT2D eigenvalue weighted by molar-refractivity contribution is 0.0988. The largest absolute Gasteiger partial charge is 0.283 e. The van der Waals surface area contributed by atoms with Crippen LogP contribution in [0, 0.1) is 6.92 Å². The lowest BCUT2D eigenvalue weighted by Crippen LogP contribution is -2.30. The molecule has 0 unspecified atom stereocenters. The smallest absolute Gasteiger partial charge is 0.260 e. The van der Waals surface area contributed by atoms with Gasteiger partial charge in [-0.3, -0.25) is 14.7 Å². The van der Waals surface area contributed by atoms with Crippen molar-refractivity contribution in [1.82, 2.24) is 15.2 Å². The Hall–Kier alpha value is -2.60.